The molecule has 1 aromatic carbocycles. The third-order valence-electron chi connectivity index (χ3n) is 3.68. The molecule has 0 fully saturated rings. The van der Waals surface area contributed by atoms with Crippen LogP contribution in [0.1, 0.15) is 53.4 Å². The van der Waals surface area contributed by atoms with Crippen LogP contribution in [-0.2, 0) is 6.54 Å². The minimum absolute atomic E-state index is 0.204. The van der Waals surface area contributed by atoms with Crippen LogP contribution in [0.3, 0.4) is 0 Å². The van der Waals surface area contributed by atoms with Gasteiger partial charge in [-0.05, 0) is 6.92 Å². The summed E-state index contributed by atoms with van der Waals surface area (Å²) in [5, 5.41) is 0. The molecule has 3 rings (SSSR count). The van der Waals surface area contributed by atoms with Crippen LogP contribution in [0.2, 0.25) is 0 Å². The highest BCUT2D eigenvalue weighted by Crippen LogP contribution is 2.34. The number of imidazole rings is 1. The molecule has 0 unspecified atom stereocenters. The zero-order valence-corrected chi connectivity index (χ0v) is 11.8. The third-order valence-corrected chi connectivity index (χ3v) is 3.68. The fourth-order valence-electron chi connectivity index (χ4n) is 2.77. The van der Waals surface area contributed by atoms with E-state index < -0.39 is 11.6 Å². The molecule has 0 aliphatic heterocycles. The van der Waals surface area contributed by atoms with Crippen molar-refractivity contribution >= 4 is 11.6 Å². The van der Waals surface area contributed by atoms with Crippen LogP contribution in [0.4, 0.5) is 0 Å². The van der Waals surface area contributed by atoms with Crippen LogP contribution < -0.4 is 0 Å². The number of Topliss-reactive ketones (excluding diaryl/α,β-unsaturated/α-hetero) is 2. The van der Waals surface area contributed by atoms with Crippen molar-refractivity contribution in [1.82, 2.24) is 9.55 Å². The first-order chi connectivity index (χ1) is 9.56. The maximum atomic E-state index is 12.4. The van der Waals surface area contributed by atoms with Gasteiger partial charge in [-0.3, -0.25) is 9.59 Å². The van der Waals surface area contributed by atoms with Gasteiger partial charge in [0.15, 0.2) is 0 Å². The molecule has 1 aliphatic carbocycles. The number of hydrogen-bond acceptors (Lipinski definition) is 3. The number of rotatable bonds is 2. The van der Waals surface area contributed by atoms with Crippen molar-refractivity contribution in [2.75, 3.05) is 0 Å². The number of fused-ring (bicyclic) bond motifs is 3. The van der Waals surface area contributed by atoms with E-state index in [2.05, 4.69) is 4.98 Å². The smallest absolute Gasteiger partial charge is 0.252 e. The fraction of sp³-hybridized carbons (Fsp3) is 0.312. The second-order valence-electron chi connectivity index (χ2n) is 5.27. The van der Waals surface area contributed by atoms with E-state index in [1.54, 1.807) is 12.1 Å². The quantitative estimate of drug-likeness (QED) is 0.786. The zero-order valence-electron chi connectivity index (χ0n) is 11.8. The van der Waals surface area contributed by atoms with Crippen molar-refractivity contribution in [3.05, 3.63) is 41.3 Å². The van der Waals surface area contributed by atoms with E-state index >= 15 is 0 Å². The second-order valence-corrected chi connectivity index (χ2v) is 5.27. The van der Waals surface area contributed by atoms with Gasteiger partial charge < -0.3 is 4.57 Å². The number of benzene rings is 1. The van der Waals surface area contributed by atoms with Gasteiger partial charge in [0.05, 0.1) is 0 Å². The van der Waals surface area contributed by atoms with E-state index in [0.717, 1.165) is 11.4 Å². The highest BCUT2D eigenvalue weighted by molar-refractivity contribution is 6.52. The lowest BCUT2D eigenvalue weighted by atomic mass is 9.90. The number of aromatic nitrogens is 2. The largest absolute Gasteiger partial charge is 0.325 e. The Morgan fingerprint density at radius 1 is 1.10 bits per heavy atom. The molecule has 102 valence electrons. The van der Waals surface area contributed by atoms with Crippen LogP contribution in [0.25, 0.3) is 11.3 Å². The Kier molecular flexibility index (Phi) is 2.82. The Morgan fingerprint density at radius 2 is 1.75 bits per heavy atom. The summed E-state index contributed by atoms with van der Waals surface area (Å²) in [4.78, 5) is 29.3. The molecular formula is C16H16N2O2. The van der Waals surface area contributed by atoms with Gasteiger partial charge in [-0.2, -0.15) is 0 Å². The molecular weight excluding hydrogens is 252 g/mol. The van der Waals surface area contributed by atoms with Crippen molar-refractivity contribution in [3.8, 4) is 11.3 Å². The lowest BCUT2D eigenvalue weighted by molar-refractivity contribution is 0.0809. The van der Waals surface area contributed by atoms with Gasteiger partial charge in [0.25, 0.3) is 5.78 Å². The number of carbonyl (C=O) groups is 2. The first-order valence-electron chi connectivity index (χ1n) is 6.85. The maximum absolute atomic E-state index is 12.4. The topological polar surface area (TPSA) is 52.0 Å². The maximum Gasteiger partial charge on any atom is 0.252 e. The molecule has 0 radical (unpaired) electrons. The van der Waals surface area contributed by atoms with Crippen molar-refractivity contribution in [2.45, 2.75) is 33.2 Å². The van der Waals surface area contributed by atoms with Crippen LogP contribution in [-0.4, -0.2) is 21.1 Å². The van der Waals surface area contributed by atoms with Crippen LogP contribution >= 0.6 is 0 Å². The van der Waals surface area contributed by atoms with Gasteiger partial charge in [-0.15, -0.1) is 0 Å². The summed E-state index contributed by atoms with van der Waals surface area (Å²) in [5.74, 6) is 0.184. The second kappa shape index (κ2) is 4.40. The number of carbonyl (C=O) groups excluding carboxylic acids is 2. The summed E-state index contributed by atoms with van der Waals surface area (Å²) in [6, 6.07) is 7.19. The number of nitrogens with zero attached hydrogens (tertiary/aromatic N) is 2. The summed E-state index contributed by atoms with van der Waals surface area (Å²) in [6.07, 6.45) is 0. The van der Waals surface area contributed by atoms with Gasteiger partial charge in [-0.25, -0.2) is 4.98 Å². The van der Waals surface area contributed by atoms with E-state index in [-0.39, 0.29) is 5.92 Å². The van der Waals surface area contributed by atoms with Gasteiger partial charge in [-0.1, -0.05) is 38.1 Å². The molecule has 4 heteroatoms. The molecule has 0 saturated heterocycles. The summed E-state index contributed by atoms with van der Waals surface area (Å²) >= 11 is 0. The molecule has 0 amide bonds. The molecule has 1 heterocycles. The average molecular weight is 268 g/mol. The summed E-state index contributed by atoms with van der Waals surface area (Å²) in [6.45, 7) is 6.68. The Balaban J connectivity index is 2.37. The van der Waals surface area contributed by atoms with Crippen LogP contribution in [0, 0.1) is 0 Å². The Bertz CT molecular complexity index is 726. The van der Waals surface area contributed by atoms with Gasteiger partial charge in [0.2, 0.25) is 5.78 Å². The van der Waals surface area contributed by atoms with E-state index in [1.807, 2.05) is 37.5 Å². The van der Waals surface area contributed by atoms with Crippen molar-refractivity contribution in [2.24, 2.45) is 0 Å². The lowest BCUT2D eigenvalue weighted by Gasteiger charge is -2.15. The number of ketones is 2. The highest BCUT2D eigenvalue weighted by atomic mass is 16.2. The van der Waals surface area contributed by atoms with Crippen LogP contribution in [0.15, 0.2) is 24.3 Å². The Hall–Kier alpha value is -2.23. The monoisotopic (exact) mass is 268 g/mol. The molecule has 0 spiro atoms. The highest BCUT2D eigenvalue weighted by Gasteiger charge is 2.35. The van der Waals surface area contributed by atoms with E-state index in [0.29, 0.717) is 23.5 Å². The molecule has 0 N–H and O–H groups in total. The minimum atomic E-state index is -0.444. The summed E-state index contributed by atoms with van der Waals surface area (Å²) in [5.41, 5.74) is 2.32. The van der Waals surface area contributed by atoms with Gasteiger partial charge >= 0.3 is 0 Å². The average Bonchev–Trinajstić information content (AvgIpc) is 2.84. The predicted octanol–water partition coefficient (Wildman–Crippen LogP) is 3.07. The van der Waals surface area contributed by atoms with Gasteiger partial charge in [0.1, 0.15) is 17.2 Å². The Labute approximate surface area is 117 Å². The van der Waals surface area contributed by atoms with Crippen molar-refractivity contribution < 1.29 is 9.59 Å². The summed E-state index contributed by atoms with van der Waals surface area (Å²) < 4.78 is 1.87. The fourth-order valence-corrected chi connectivity index (χ4v) is 2.77. The SMILES string of the molecule is CCn1c(C(C)C)nc2c1C(=O)C(=O)c1ccccc1-2. The number of hydrogen-bond donors (Lipinski definition) is 0. The molecule has 0 saturated carbocycles. The molecule has 0 atom stereocenters. The molecule has 20 heavy (non-hydrogen) atoms. The normalized spacial score (nSPS) is 13.6. The van der Waals surface area contributed by atoms with Crippen molar-refractivity contribution in [1.29, 1.82) is 0 Å². The lowest BCUT2D eigenvalue weighted by Crippen LogP contribution is -2.24. The molecule has 1 aliphatic rings. The van der Waals surface area contributed by atoms with Gasteiger partial charge in [0, 0.05) is 23.6 Å². The standard InChI is InChI=1S/C16H16N2O2/c1-4-18-13-12(17-16(18)9(2)3)10-7-5-6-8-11(10)14(19)15(13)20/h5-9H,4H2,1-3H3. The molecule has 1 aromatic heterocycles. The minimum Gasteiger partial charge on any atom is -0.325 e. The van der Waals surface area contributed by atoms with Crippen LogP contribution in [0.5, 0.6) is 0 Å². The summed E-state index contributed by atoms with van der Waals surface area (Å²) in [7, 11) is 0. The first-order valence-corrected chi connectivity index (χ1v) is 6.85. The molecule has 2 aromatic rings. The van der Waals surface area contributed by atoms with E-state index in [9.17, 15) is 9.59 Å². The first kappa shape index (κ1) is 12.8. The van der Waals surface area contributed by atoms with Crippen molar-refractivity contribution in [3.63, 3.8) is 0 Å². The Morgan fingerprint density at radius 3 is 2.35 bits per heavy atom. The molecule has 4 nitrogen and oxygen atoms in total. The zero-order chi connectivity index (χ0) is 14.4. The molecule has 0 bridgehead atoms. The van der Waals surface area contributed by atoms with E-state index in [1.165, 1.54) is 0 Å². The third kappa shape index (κ3) is 1.57. The van der Waals surface area contributed by atoms with E-state index in [4.69, 9.17) is 0 Å². The predicted molar refractivity (Wildman–Crippen MR) is 76.1 cm³/mol.